The second-order valence-electron chi connectivity index (χ2n) is 8.13. The molecule has 2 aromatic heterocycles. The lowest BCUT2D eigenvalue weighted by atomic mass is 9.92. The second-order valence-corrected chi connectivity index (χ2v) is 8.13. The summed E-state index contributed by atoms with van der Waals surface area (Å²) >= 11 is 0. The van der Waals surface area contributed by atoms with E-state index in [2.05, 4.69) is 10.3 Å². The quantitative estimate of drug-likeness (QED) is 0.713. The largest absolute Gasteiger partial charge is 0.420 e. The van der Waals surface area contributed by atoms with Gasteiger partial charge in [-0.25, -0.2) is 4.79 Å². The fraction of sp³-hybridized carbons (Fsp3) is 0.364. The summed E-state index contributed by atoms with van der Waals surface area (Å²) in [5.41, 5.74) is 1.81. The Morgan fingerprint density at radius 2 is 1.87 bits per heavy atom. The van der Waals surface area contributed by atoms with Gasteiger partial charge < -0.3 is 14.6 Å². The van der Waals surface area contributed by atoms with E-state index in [9.17, 15) is 14.4 Å². The molecule has 1 aliphatic heterocycles. The lowest BCUT2D eigenvalue weighted by Gasteiger charge is -2.33. The van der Waals surface area contributed by atoms with Gasteiger partial charge in [0.05, 0.1) is 5.52 Å². The van der Waals surface area contributed by atoms with E-state index in [1.807, 2.05) is 6.07 Å². The van der Waals surface area contributed by atoms with Crippen LogP contribution in [0.2, 0.25) is 0 Å². The Labute approximate surface area is 172 Å². The zero-order valence-corrected chi connectivity index (χ0v) is 16.4. The fourth-order valence-corrected chi connectivity index (χ4v) is 4.45. The van der Waals surface area contributed by atoms with Gasteiger partial charge in [0.15, 0.2) is 5.58 Å². The van der Waals surface area contributed by atoms with Crippen LogP contribution < -0.4 is 11.1 Å². The molecular formula is C22H22N4O4. The van der Waals surface area contributed by atoms with Crippen LogP contribution in [0.15, 0.2) is 58.0 Å². The predicted molar refractivity (Wildman–Crippen MR) is 109 cm³/mol. The molecule has 8 nitrogen and oxygen atoms in total. The Morgan fingerprint density at radius 3 is 2.63 bits per heavy atom. The Bertz CT molecular complexity index is 1160. The zero-order chi connectivity index (χ0) is 20.7. The first-order valence-electron chi connectivity index (χ1n) is 10.1. The van der Waals surface area contributed by atoms with Gasteiger partial charge in [-0.1, -0.05) is 12.1 Å². The summed E-state index contributed by atoms with van der Waals surface area (Å²) < 4.78 is 6.60. The zero-order valence-electron chi connectivity index (χ0n) is 16.4. The molecule has 8 heteroatoms. The SMILES string of the molecule is O=C(NC1CC12CCN(C(=O)Cn1c(=O)oc3ccccc31)CC2)c1ccncc1. The van der Waals surface area contributed by atoms with E-state index in [4.69, 9.17) is 4.42 Å². The standard InChI is InChI=1S/C22H22N4O4/c27-19(14-26-16-3-1-2-4-17(16)30-21(26)29)25-11-7-22(8-12-25)13-18(22)24-20(28)15-5-9-23-10-6-15/h1-6,9-10,18H,7-8,11-14H2,(H,24,28). The van der Waals surface area contributed by atoms with Gasteiger partial charge in [0.1, 0.15) is 6.54 Å². The average molecular weight is 406 g/mol. The minimum atomic E-state index is -0.515. The highest BCUT2D eigenvalue weighted by molar-refractivity contribution is 5.94. The number of hydrogen-bond donors (Lipinski definition) is 1. The molecule has 0 bridgehead atoms. The maximum atomic E-state index is 12.8. The van der Waals surface area contributed by atoms with Crippen molar-refractivity contribution in [2.45, 2.75) is 31.8 Å². The van der Waals surface area contributed by atoms with Crippen LogP contribution in [-0.2, 0) is 11.3 Å². The number of oxazole rings is 1. The topological polar surface area (TPSA) is 97.4 Å². The number of benzene rings is 1. The highest BCUT2D eigenvalue weighted by Crippen LogP contribution is 2.54. The normalized spacial score (nSPS) is 19.7. The van der Waals surface area contributed by atoms with E-state index in [1.165, 1.54) is 4.57 Å². The number of rotatable bonds is 4. The van der Waals surface area contributed by atoms with Crippen LogP contribution in [0.1, 0.15) is 29.6 Å². The smallest absolute Gasteiger partial charge is 0.408 e. The molecular weight excluding hydrogens is 384 g/mol. The molecule has 1 atom stereocenters. The summed E-state index contributed by atoms with van der Waals surface area (Å²) in [4.78, 5) is 43.0. The predicted octanol–water partition coefficient (Wildman–Crippen LogP) is 1.80. The summed E-state index contributed by atoms with van der Waals surface area (Å²) in [5.74, 6) is -0.681. The van der Waals surface area contributed by atoms with E-state index in [0.717, 1.165) is 19.3 Å². The highest BCUT2D eigenvalue weighted by atomic mass is 16.4. The molecule has 1 spiro atoms. The maximum Gasteiger partial charge on any atom is 0.420 e. The lowest BCUT2D eigenvalue weighted by molar-refractivity contribution is -0.133. The molecule has 30 heavy (non-hydrogen) atoms. The number of hydrogen-bond acceptors (Lipinski definition) is 5. The number of aromatic nitrogens is 2. The Hall–Kier alpha value is -3.42. The Balaban J connectivity index is 1.18. The highest BCUT2D eigenvalue weighted by Gasteiger charge is 2.55. The molecule has 5 rings (SSSR count). The number of amides is 2. The lowest BCUT2D eigenvalue weighted by Crippen LogP contribution is -2.43. The summed E-state index contributed by atoms with van der Waals surface area (Å²) in [6.07, 6.45) is 5.85. The monoisotopic (exact) mass is 406 g/mol. The first-order valence-corrected chi connectivity index (χ1v) is 10.1. The number of carbonyl (C=O) groups excluding carboxylic acids is 2. The average Bonchev–Trinajstić information content (AvgIpc) is 3.32. The first-order chi connectivity index (χ1) is 14.6. The van der Waals surface area contributed by atoms with Gasteiger partial charge in [-0.15, -0.1) is 0 Å². The van der Waals surface area contributed by atoms with Crippen LogP contribution >= 0.6 is 0 Å². The molecule has 1 N–H and O–H groups in total. The van der Waals surface area contributed by atoms with E-state index >= 15 is 0 Å². The van der Waals surface area contributed by atoms with Crippen LogP contribution in [0.4, 0.5) is 0 Å². The molecule has 154 valence electrons. The third kappa shape index (κ3) is 3.28. The fourth-order valence-electron chi connectivity index (χ4n) is 4.45. The summed E-state index contributed by atoms with van der Waals surface area (Å²) in [6.45, 7) is 1.24. The van der Waals surface area contributed by atoms with E-state index in [1.54, 1.807) is 47.6 Å². The minimum absolute atomic E-state index is 0.0228. The Morgan fingerprint density at radius 1 is 1.13 bits per heavy atom. The van der Waals surface area contributed by atoms with Gasteiger partial charge in [0.25, 0.3) is 5.91 Å². The van der Waals surface area contributed by atoms with Crippen molar-refractivity contribution < 1.29 is 14.0 Å². The van der Waals surface area contributed by atoms with Crippen LogP contribution in [0.25, 0.3) is 11.1 Å². The van der Waals surface area contributed by atoms with Gasteiger partial charge in [0.2, 0.25) is 5.91 Å². The van der Waals surface area contributed by atoms with Gasteiger partial charge in [0, 0.05) is 37.1 Å². The molecule has 1 aliphatic carbocycles. The van der Waals surface area contributed by atoms with Gasteiger partial charge in [-0.2, -0.15) is 0 Å². The molecule has 1 aromatic carbocycles. The van der Waals surface area contributed by atoms with Crippen LogP contribution in [0.3, 0.4) is 0 Å². The number of nitrogens with zero attached hydrogens (tertiary/aromatic N) is 3. The van der Waals surface area contributed by atoms with Gasteiger partial charge >= 0.3 is 5.76 Å². The van der Waals surface area contributed by atoms with Crippen molar-refractivity contribution in [1.29, 1.82) is 0 Å². The number of pyridine rings is 1. The van der Waals surface area contributed by atoms with Crippen molar-refractivity contribution in [3.8, 4) is 0 Å². The first kappa shape index (κ1) is 18.6. The van der Waals surface area contributed by atoms with Crippen molar-refractivity contribution in [2.24, 2.45) is 5.41 Å². The van der Waals surface area contributed by atoms with E-state index in [0.29, 0.717) is 29.8 Å². The van der Waals surface area contributed by atoms with Crippen molar-refractivity contribution in [1.82, 2.24) is 19.8 Å². The third-order valence-electron chi connectivity index (χ3n) is 6.42. The Kier molecular flexibility index (Phi) is 4.42. The minimum Gasteiger partial charge on any atom is -0.408 e. The number of carbonyl (C=O) groups is 2. The molecule has 0 radical (unpaired) electrons. The number of likely N-dealkylation sites (tertiary alicyclic amines) is 1. The van der Waals surface area contributed by atoms with Gasteiger partial charge in [-0.3, -0.25) is 19.1 Å². The van der Waals surface area contributed by atoms with Crippen LogP contribution in [0, 0.1) is 5.41 Å². The van der Waals surface area contributed by atoms with Crippen molar-refractivity contribution in [2.75, 3.05) is 13.1 Å². The molecule has 1 saturated carbocycles. The van der Waals surface area contributed by atoms with Gasteiger partial charge in [-0.05, 0) is 48.9 Å². The van der Waals surface area contributed by atoms with Crippen molar-refractivity contribution in [3.05, 3.63) is 64.9 Å². The number of piperidine rings is 1. The second kappa shape index (κ2) is 7.12. The van der Waals surface area contributed by atoms with Crippen molar-refractivity contribution >= 4 is 22.9 Å². The molecule has 2 fully saturated rings. The molecule has 1 unspecified atom stereocenters. The third-order valence-corrected chi connectivity index (χ3v) is 6.42. The summed E-state index contributed by atoms with van der Waals surface area (Å²) in [5, 5.41) is 3.11. The number of fused-ring (bicyclic) bond motifs is 1. The summed E-state index contributed by atoms with van der Waals surface area (Å²) in [7, 11) is 0. The number of para-hydroxylation sites is 2. The molecule has 3 heterocycles. The van der Waals surface area contributed by atoms with Crippen molar-refractivity contribution in [3.63, 3.8) is 0 Å². The molecule has 1 saturated heterocycles. The van der Waals surface area contributed by atoms with E-state index < -0.39 is 5.76 Å². The molecule has 2 amide bonds. The molecule has 3 aromatic rings. The van der Waals surface area contributed by atoms with Crippen LogP contribution in [0.5, 0.6) is 0 Å². The van der Waals surface area contributed by atoms with Crippen LogP contribution in [-0.4, -0.2) is 45.4 Å². The number of nitrogens with one attached hydrogen (secondary N) is 1. The van der Waals surface area contributed by atoms with E-state index in [-0.39, 0.29) is 29.8 Å². The maximum absolute atomic E-state index is 12.8. The summed E-state index contributed by atoms with van der Waals surface area (Å²) in [6, 6.07) is 10.7. The molecule has 2 aliphatic rings.